The lowest BCUT2D eigenvalue weighted by molar-refractivity contribution is -0.137. The Kier molecular flexibility index (Phi) is 8.37. The van der Waals surface area contributed by atoms with Crippen LogP contribution in [0.2, 0.25) is 10.0 Å². The number of carbonyl (C=O) groups excluding carboxylic acids is 2. The van der Waals surface area contributed by atoms with Crippen molar-refractivity contribution in [2.75, 3.05) is 26.3 Å². The normalized spacial score (nSPS) is 20.4. The SMILES string of the molecule is CCOC(=O)C=C[C@@H]1CN(C(=O)OC(C)(C)C)CCO[C@H]1c1ccc(Cl)c(Cl)c1. The molecule has 2 rings (SSSR count). The lowest BCUT2D eigenvalue weighted by Crippen LogP contribution is -2.39. The molecule has 1 heterocycles. The molecule has 1 fully saturated rings. The highest BCUT2D eigenvalue weighted by atomic mass is 35.5. The van der Waals surface area contributed by atoms with E-state index < -0.39 is 23.8 Å². The molecule has 0 radical (unpaired) electrons. The monoisotopic (exact) mass is 443 g/mol. The van der Waals surface area contributed by atoms with E-state index in [1.54, 1.807) is 30.0 Å². The van der Waals surface area contributed by atoms with Crippen molar-refractivity contribution in [1.29, 1.82) is 0 Å². The summed E-state index contributed by atoms with van der Waals surface area (Å²) in [7, 11) is 0. The first kappa shape index (κ1) is 23.5. The zero-order valence-electron chi connectivity index (χ0n) is 17.1. The van der Waals surface area contributed by atoms with E-state index in [1.807, 2.05) is 26.8 Å². The number of esters is 1. The number of ether oxygens (including phenoxy) is 3. The van der Waals surface area contributed by atoms with Crippen molar-refractivity contribution in [2.45, 2.75) is 39.4 Å². The number of amides is 1. The second-order valence-electron chi connectivity index (χ2n) is 7.67. The third-order valence-electron chi connectivity index (χ3n) is 4.17. The van der Waals surface area contributed by atoms with Crippen LogP contribution in [0.4, 0.5) is 4.79 Å². The lowest BCUT2D eigenvalue weighted by Gasteiger charge is -2.28. The van der Waals surface area contributed by atoms with Crippen molar-refractivity contribution in [2.24, 2.45) is 5.92 Å². The van der Waals surface area contributed by atoms with Crippen molar-refractivity contribution >= 4 is 35.3 Å². The van der Waals surface area contributed by atoms with Crippen LogP contribution in [0, 0.1) is 5.92 Å². The van der Waals surface area contributed by atoms with Gasteiger partial charge in [-0.25, -0.2) is 9.59 Å². The molecule has 0 bridgehead atoms. The Balaban J connectivity index is 2.30. The Hall–Kier alpha value is -1.76. The fourth-order valence-corrected chi connectivity index (χ4v) is 3.24. The Labute approximate surface area is 181 Å². The number of nitrogens with zero attached hydrogens (tertiary/aromatic N) is 1. The lowest BCUT2D eigenvalue weighted by atomic mass is 9.94. The molecule has 0 N–H and O–H groups in total. The second kappa shape index (κ2) is 10.3. The molecule has 160 valence electrons. The van der Waals surface area contributed by atoms with E-state index in [-0.39, 0.29) is 12.5 Å². The molecule has 2 atom stereocenters. The van der Waals surface area contributed by atoms with Gasteiger partial charge in [0.25, 0.3) is 0 Å². The Morgan fingerprint density at radius 3 is 2.62 bits per heavy atom. The van der Waals surface area contributed by atoms with E-state index in [0.717, 1.165) is 5.56 Å². The van der Waals surface area contributed by atoms with Crippen molar-refractivity contribution < 1.29 is 23.8 Å². The van der Waals surface area contributed by atoms with E-state index in [0.29, 0.717) is 29.7 Å². The van der Waals surface area contributed by atoms with Gasteiger partial charge in [0.15, 0.2) is 0 Å². The van der Waals surface area contributed by atoms with Gasteiger partial charge < -0.3 is 19.1 Å². The summed E-state index contributed by atoms with van der Waals surface area (Å²) in [6.07, 6.45) is 2.22. The first-order valence-electron chi connectivity index (χ1n) is 9.50. The molecule has 0 aromatic heterocycles. The number of halogens is 2. The maximum absolute atomic E-state index is 12.6. The third-order valence-corrected chi connectivity index (χ3v) is 4.91. The summed E-state index contributed by atoms with van der Waals surface area (Å²) in [6.45, 7) is 8.47. The summed E-state index contributed by atoms with van der Waals surface area (Å²) >= 11 is 12.2. The standard InChI is InChI=1S/C21H27Cl2NO5/c1-5-27-18(25)9-7-15-13-24(20(26)29-21(2,3)4)10-11-28-19(15)14-6-8-16(22)17(23)12-14/h6-9,12,15,19H,5,10-11,13H2,1-4H3/t15-,19+/m1/s1. The summed E-state index contributed by atoms with van der Waals surface area (Å²) in [5, 5.41) is 0.854. The molecule has 1 aliphatic heterocycles. The van der Waals surface area contributed by atoms with E-state index in [4.69, 9.17) is 37.4 Å². The van der Waals surface area contributed by atoms with Crippen LogP contribution in [0.1, 0.15) is 39.4 Å². The number of carbonyl (C=O) groups is 2. The number of hydrogen-bond donors (Lipinski definition) is 0. The minimum Gasteiger partial charge on any atom is -0.463 e. The molecule has 1 aromatic carbocycles. The van der Waals surface area contributed by atoms with E-state index in [1.165, 1.54) is 6.08 Å². The highest BCUT2D eigenvalue weighted by Gasteiger charge is 2.32. The highest BCUT2D eigenvalue weighted by Crippen LogP contribution is 2.34. The quantitative estimate of drug-likeness (QED) is 0.481. The van der Waals surface area contributed by atoms with Crippen molar-refractivity contribution in [1.82, 2.24) is 4.90 Å². The van der Waals surface area contributed by atoms with Crippen LogP contribution in [0.3, 0.4) is 0 Å². The molecule has 1 aliphatic rings. The summed E-state index contributed by atoms with van der Waals surface area (Å²) in [5.74, 6) is -0.764. The minimum absolute atomic E-state index is 0.282. The molecule has 29 heavy (non-hydrogen) atoms. The summed E-state index contributed by atoms with van der Waals surface area (Å²) < 4.78 is 16.5. The van der Waals surface area contributed by atoms with Gasteiger partial charge in [-0.2, -0.15) is 0 Å². The smallest absolute Gasteiger partial charge is 0.410 e. The molecule has 1 aromatic rings. The van der Waals surface area contributed by atoms with Crippen LogP contribution in [-0.4, -0.2) is 48.9 Å². The first-order valence-corrected chi connectivity index (χ1v) is 10.3. The average molecular weight is 444 g/mol. The van der Waals surface area contributed by atoms with Crippen molar-refractivity contribution in [3.05, 3.63) is 46.0 Å². The van der Waals surface area contributed by atoms with Crippen LogP contribution in [0.25, 0.3) is 0 Å². The maximum Gasteiger partial charge on any atom is 0.410 e. The zero-order chi connectivity index (χ0) is 21.6. The predicted octanol–water partition coefficient (Wildman–Crippen LogP) is 5.04. The average Bonchev–Trinajstić information content (AvgIpc) is 2.84. The van der Waals surface area contributed by atoms with E-state index in [9.17, 15) is 9.59 Å². The van der Waals surface area contributed by atoms with Crippen LogP contribution in [0.5, 0.6) is 0 Å². The van der Waals surface area contributed by atoms with Crippen LogP contribution in [0.15, 0.2) is 30.4 Å². The van der Waals surface area contributed by atoms with Gasteiger partial charge in [0.1, 0.15) is 5.60 Å². The summed E-state index contributed by atoms with van der Waals surface area (Å²) in [5.41, 5.74) is 0.202. The number of benzene rings is 1. The van der Waals surface area contributed by atoms with Gasteiger partial charge in [0.05, 0.1) is 29.4 Å². The Morgan fingerprint density at radius 1 is 1.28 bits per heavy atom. The van der Waals surface area contributed by atoms with Crippen LogP contribution in [-0.2, 0) is 19.0 Å². The van der Waals surface area contributed by atoms with Crippen molar-refractivity contribution in [3.63, 3.8) is 0 Å². The Bertz CT molecular complexity index is 760. The molecule has 1 saturated heterocycles. The highest BCUT2D eigenvalue weighted by molar-refractivity contribution is 6.42. The third kappa shape index (κ3) is 7.21. The van der Waals surface area contributed by atoms with Gasteiger partial charge in [-0.05, 0) is 45.4 Å². The summed E-state index contributed by atoms with van der Waals surface area (Å²) in [6, 6.07) is 5.27. The molecule has 0 spiro atoms. The molecular weight excluding hydrogens is 417 g/mol. The topological polar surface area (TPSA) is 65.1 Å². The molecule has 0 aliphatic carbocycles. The van der Waals surface area contributed by atoms with E-state index >= 15 is 0 Å². The van der Waals surface area contributed by atoms with Crippen LogP contribution < -0.4 is 0 Å². The predicted molar refractivity (Wildman–Crippen MR) is 112 cm³/mol. The molecule has 0 unspecified atom stereocenters. The fraction of sp³-hybridized carbons (Fsp3) is 0.524. The maximum atomic E-state index is 12.6. The Morgan fingerprint density at radius 2 is 2.00 bits per heavy atom. The first-order chi connectivity index (χ1) is 13.6. The van der Waals surface area contributed by atoms with E-state index in [2.05, 4.69) is 0 Å². The number of hydrogen-bond acceptors (Lipinski definition) is 5. The van der Waals surface area contributed by atoms with Gasteiger partial charge in [-0.1, -0.05) is 35.3 Å². The number of rotatable bonds is 4. The summed E-state index contributed by atoms with van der Waals surface area (Å²) in [4.78, 5) is 26.0. The largest absolute Gasteiger partial charge is 0.463 e. The zero-order valence-corrected chi connectivity index (χ0v) is 18.6. The molecule has 1 amide bonds. The minimum atomic E-state index is -0.608. The van der Waals surface area contributed by atoms with Gasteiger partial charge in [0.2, 0.25) is 0 Å². The van der Waals surface area contributed by atoms with Crippen molar-refractivity contribution in [3.8, 4) is 0 Å². The van der Waals surface area contributed by atoms with Crippen LogP contribution >= 0.6 is 23.2 Å². The molecule has 6 nitrogen and oxygen atoms in total. The van der Waals surface area contributed by atoms with Gasteiger partial charge in [0, 0.05) is 25.1 Å². The molecule has 0 saturated carbocycles. The fourth-order valence-electron chi connectivity index (χ4n) is 2.93. The van der Waals surface area contributed by atoms with Gasteiger partial charge in [-0.15, -0.1) is 0 Å². The van der Waals surface area contributed by atoms with Gasteiger partial charge >= 0.3 is 12.1 Å². The molecule has 8 heteroatoms. The van der Waals surface area contributed by atoms with Gasteiger partial charge in [-0.3, -0.25) is 0 Å². The molecular formula is C21H27Cl2NO5. The second-order valence-corrected chi connectivity index (χ2v) is 8.48.